The van der Waals surface area contributed by atoms with Crippen LogP contribution in [0.2, 0.25) is 0 Å². The predicted molar refractivity (Wildman–Crippen MR) is 54.2 cm³/mol. The van der Waals surface area contributed by atoms with Gasteiger partial charge in [-0.2, -0.15) is 0 Å². The van der Waals surface area contributed by atoms with E-state index in [0.29, 0.717) is 12.3 Å². The van der Waals surface area contributed by atoms with E-state index >= 15 is 0 Å². The van der Waals surface area contributed by atoms with Gasteiger partial charge in [0.25, 0.3) is 0 Å². The molecule has 5 nitrogen and oxygen atoms in total. The fourth-order valence-electron chi connectivity index (χ4n) is 1.17. The number of carbonyl (C=O) groups is 2. The number of nitrogens with zero attached hydrogens (tertiary/aromatic N) is 1. The van der Waals surface area contributed by atoms with E-state index < -0.39 is 23.0 Å². The number of carbonyl (C=O) groups excluding carboxylic acids is 2. The van der Waals surface area contributed by atoms with Crippen molar-refractivity contribution in [2.24, 2.45) is 0 Å². The maximum Gasteiger partial charge on any atom is 0.411 e. The monoisotopic (exact) mass is 232 g/mol. The van der Waals surface area contributed by atoms with Gasteiger partial charge in [0.1, 0.15) is 11.0 Å². The average Bonchev–Trinajstić information content (AvgIpc) is 2.47. The van der Waals surface area contributed by atoms with Crippen LogP contribution in [0, 0.1) is 0 Å². The van der Waals surface area contributed by atoms with Crippen LogP contribution in [0.5, 0.6) is 0 Å². The van der Waals surface area contributed by atoms with Gasteiger partial charge >= 0.3 is 6.09 Å². The zero-order valence-electron chi connectivity index (χ0n) is 8.98. The summed E-state index contributed by atoms with van der Waals surface area (Å²) >= 11 is 1.18. The molecule has 1 fully saturated rings. The number of aliphatic carboxylic acids is 1. The second kappa shape index (κ2) is 4.30. The summed E-state index contributed by atoms with van der Waals surface area (Å²) in [5.41, 5.74) is -0.610. The van der Waals surface area contributed by atoms with Gasteiger partial charge in [0.05, 0.1) is 5.97 Å². The molecule has 1 saturated heterocycles. The fourth-order valence-corrected chi connectivity index (χ4v) is 2.21. The van der Waals surface area contributed by atoms with E-state index in [1.54, 1.807) is 20.8 Å². The van der Waals surface area contributed by atoms with Crippen molar-refractivity contribution in [1.29, 1.82) is 0 Å². The highest BCUT2D eigenvalue weighted by molar-refractivity contribution is 8.00. The number of rotatable bonds is 1. The summed E-state index contributed by atoms with van der Waals surface area (Å²) in [4.78, 5) is 23.5. The molecule has 0 aromatic rings. The van der Waals surface area contributed by atoms with Gasteiger partial charge in [-0.05, 0) is 20.8 Å². The van der Waals surface area contributed by atoms with Gasteiger partial charge in [0.2, 0.25) is 0 Å². The molecule has 6 heteroatoms. The standard InChI is InChI=1S/C9H15NO4S/c1-9(2,3)14-8(13)10-4-5-15-6(10)7(11)12/h6H,4-5H2,1-3H3,(H,11,12)/p-1/t6-/m1/s1. The lowest BCUT2D eigenvalue weighted by Gasteiger charge is -2.28. The molecule has 1 amide bonds. The third-order valence-electron chi connectivity index (χ3n) is 1.72. The van der Waals surface area contributed by atoms with Gasteiger partial charge in [-0.25, -0.2) is 4.79 Å². The molecule has 1 aliphatic heterocycles. The van der Waals surface area contributed by atoms with Crippen LogP contribution in [-0.4, -0.2) is 40.2 Å². The summed E-state index contributed by atoms with van der Waals surface area (Å²) < 4.78 is 5.08. The predicted octanol–water partition coefficient (Wildman–Crippen LogP) is 0.0463. The smallest absolute Gasteiger partial charge is 0.411 e. The van der Waals surface area contributed by atoms with Crippen molar-refractivity contribution in [3.05, 3.63) is 0 Å². The summed E-state index contributed by atoms with van der Waals surface area (Å²) in [6.45, 7) is 5.60. The highest BCUT2D eigenvalue weighted by atomic mass is 32.2. The molecular weight excluding hydrogens is 218 g/mol. The molecular formula is C9H14NO4S-. The molecule has 1 aliphatic rings. The molecule has 86 valence electrons. The molecule has 0 saturated carbocycles. The Labute approximate surface area is 92.8 Å². The van der Waals surface area contributed by atoms with Crippen molar-refractivity contribution in [1.82, 2.24) is 4.90 Å². The van der Waals surface area contributed by atoms with Crippen molar-refractivity contribution < 1.29 is 19.4 Å². The van der Waals surface area contributed by atoms with Crippen LogP contribution in [0.3, 0.4) is 0 Å². The first-order valence-electron chi connectivity index (χ1n) is 4.63. The minimum atomic E-state index is -1.25. The van der Waals surface area contributed by atoms with E-state index in [0.717, 1.165) is 0 Å². The van der Waals surface area contributed by atoms with Gasteiger partial charge in [-0.3, -0.25) is 4.90 Å². The van der Waals surface area contributed by atoms with E-state index in [9.17, 15) is 14.7 Å². The van der Waals surface area contributed by atoms with E-state index in [1.165, 1.54) is 16.7 Å². The summed E-state index contributed by atoms with van der Waals surface area (Å²) in [6, 6.07) is 0. The number of carboxylic acids is 1. The molecule has 0 aliphatic carbocycles. The normalized spacial score (nSPS) is 21.5. The van der Waals surface area contributed by atoms with Crippen LogP contribution in [0.1, 0.15) is 20.8 Å². The van der Waals surface area contributed by atoms with Crippen molar-refractivity contribution in [2.45, 2.75) is 31.7 Å². The van der Waals surface area contributed by atoms with Crippen molar-refractivity contribution in [2.75, 3.05) is 12.3 Å². The summed E-state index contributed by atoms with van der Waals surface area (Å²) in [5, 5.41) is 9.78. The number of hydrogen-bond donors (Lipinski definition) is 0. The summed E-state index contributed by atoms with van der Waals surface area (Å²) in [7, 11) is 0. The van der Waals surface area contributed by atoms with Gasteiger partial charge in [-0.15, -0.1) is 11.8 Å². The Morgan fingerprint density at radius 3 is 2.53 bits per heavy atom. The lowest BCUT2D eigenvalue weighted by molar-refractivity contribution is -0.307. The molecule has 0 N–H and O–H groups in total. The minimum absolute atomic E-state index is 0.387. The maximum atomic E-state index is 11.6. The van der Waals surface area contributed by atoms with Gasteiger partial charge < -0.3 is 14.6 Å². The quantitative estimate of drug-likeness (QED) is 0.638. The molecule has 0 spiro atoms. The molecule has 1 rings (SSSR count). The molecule has 1 atom stereocenters. The SMILES string of the molecule is CC(C)(C)OC(=O)N1CCS[C@@H]1C(=O)[O-]. The van der Waals surface area contributed by atoms with Crippen molar-refractivity contribution in [3.8, 4) is 0 Å². The summed E-state index contributed by atoms with van der Waals surface area (Å²) in [6.07, 6.45) is -0.596. The number of carboxylic acid groups (broad SMARTS) is 1. The Morgan fingerprint density at radius 1 is 1.47 bits per heavy atom. The van der Waals surface area contributed by atoms with E-state index in [2.05, 4.69) is 0 Å². The third-order valence-corrected chi connectivity index (χ3v) is 2.90. The molecule has 0 unspecified atom stereocenters. The van der Waals surface area contributed by atoms with Crippen LogP contribution in [0.4, 0.5) is 4.79 Å². The van der Waals surface area contributed by atoms with Crippen LogP contribution in [-0.2, 0) is 9.53 Å². The molecule has 0 aromatic carbocycles. The van der Waals surface area contributed by atoms with E-state index in [-0.39, 0.29) is 0 Å². The van der Waals surface area contributed by atoms with Crippen LogP contribution >= 0.6 is 11.8 Å². The number of thioether (sulfide) groups is 1. The molecule has 0 radical (unpaired) electrons. The van der Waals surface area contributed by atoms with Crippen molar-refractivity contribution >= 4 is 23.8 Å². The van der Waals surface area contributed by atoms with Gasteiger partial charge in [0, 0.05) is 12.3 Å². The minimum Gasteiger partial charge on any atom is -0.547 e. The topological polar surface area (TPSA) is 69.7 Å². The summed E-state index contributed by atoms with van der Waals surface area (Å²) in [5.74, 6) is -0.652. The first-order chi connectivity index (χ1) is 6.81. The first-order valence-corrected chi connectivity index (χ1v) is 5.68. The Bertz CT molecular complexity index is 274. The largest absolute Gasteiger partial charge is 0.547 e. The number of amides is 1. The van der Waals surface area contributed by atoms with Gasteiger partial charge in [0.15, 0.2) is 0 Å². The third kappa shape index (κ3) is 3.30. The number of ether oxygens (including phenoxy) is 1. The number of hydrogen-bond acceptors (Lipinski definition) is 5. The molecule has 15 heavy (non-hydrogen) atoms. The second-order valence-corrected chi connectivity index (χ2v) is 5.40. The van der Waals surface area contributed by atoms with Crippen LogP contribution < -0.4 is 5.11 Å². The molecule has 0 bridgehead atoms. The Balaban J connectivity index is 2.63. The fraction of sp³-hybridized carbons (Fsp3) is 0.778. The van der Waals surface area contributed by atoms with E-state index in [4.69, 9.17) is 4.74 Å². The lowest BCUT2D eigenvalue weighted by Crippen LogP contribution is -2.47. The second-order valence-electron chi connectivity index (χ2n) is 4.22. The average molecular weight is 232 g/mol. The molecule has 0 aromatic heterocycles. The van der Waals surface area contributed by atoms with Gasteiger partial charge in [-0.1, -0.05) is 0 Å². The Hall–Kier alpha value is -0.910. The van der Waals surface area contributed by atoms with Crippen molar-refractivity contribution in [3.63, 3.8) is 0 Å². The van der Waals surface area contributed by atoms with Crippen LogP contribution in [0.15, 0.2) is 0 Å². The maximum absolute atomic E-state index is 11.6. The Kier molecular flexibility index (Phi) is 3.49. The van der Waals surface area contributed by atoms with E-state index in [1.807, 2.05) is 0 Å². The van der Waals surface area contributed by atoms with Crippen LogP contribution in [0.25, 0.3) is 0 Å². The molecule has 1 heterocycles. The zero-order valence-corrected chi connectivity index (χ0v) is 9.80. The Morgan fingerprint density at radius 2 is 2.07 bits per heavy atom. The zero-order chi connectivity index (χ0) is 11.6. The highest BCUT2D eigenvalue weighted by Crippen LogP contribution is 2.25. The first kappa shape index (κ1) is 12.2. The highest BCUT2D eigenvalue weighted by Gasteiger charge is 2.33. The lowest BCUT2D eigenvalue weighted by atomic mass is 10.2.